The molecule has 1 fully saturated rings. The highest BCUT2D eigenvalue weighted by molar-refractivity contribution is 5.83. The Kier molecular flexibility index (Phi) is 5.88. The van der Waals surface area contributed by atoms with Crippen LogP contribution >= 0.6 is 0 Å². The van der Waals surface area contributed by atoms with Crippen molar-refractivity contribution in [3.63, 3.8) is 0 Å². The first-order chi connectivity index (χ1) is 8.20. The number of hydrogen-bond acceptors (Lipinski definition) is 4. The van der Waals surface area contributed by atoms with E-state index in [1.807, 2.05) is 6.92 Å². The molecule has 0 aliphatic carbocycles. The van der Waals surface area contributed by atoms with Crippen LogP contribution in [0.3, 0.4) is 0 Å². The normalized spacial score (nSPS) is 19.0. The largest absolute Gasteiger partial charge is 0.396 e. The minimum Gasteiger partial charge on any atom is -0.396 e. The van der Waals surface area contributed by atoms with Crippen LogP contribution in [0, 0.1) is 5.41 Å². The molecule has 1 rings (SSSR count). The van der Waals surface area contributed by atoms with Crippen molar-refractivity contribution in [1.29, 1.82) is 0 Å². The van der Waals surface area contributed by atoms with E-state index >= 15 is 0 Å². The van der Waals surface area contributed by atoms with Gasteiger partial charge in [0.25, 0.3) is 0 Å². The Morgan fingerprint density at radius 3 is 2.59 bits per heavy atom. The number of carbonyl (C=O) groups excluding carboxylic acids is 1. The number of nitrogens with zero attached hydrogens (tertiary/aromatic N) is 1. The van der Waals surface area contributed by atoms with Gasteiger partial charge < -0.3 is 20.5 Å². The van der Waals surface area contributed by atoms with Gasteiger partial charge in [0, 0.05) is 39.5 Å². The van der Waals surface area contributed by atoms with E-state index in [4.69, 9.17) is 15.6 Å². The zero-order valence-electron chi connectivity index (χ0n) is 10.7. The summed E-state index contributed by atoms with van der Waals surface area (Å²) in [6.07, 6.45) is 2.03. The SMILES string of the molecule is CCN(CCCO)C(=O)C1(CN)CCOCC1. The van der Waals surface area contributed by atoms with Crippen LogP contribution in [0.1, 0.15) is 26.2 Å². The molecule has 1 aliphatic heterocycles. The van der Waals surface area contributed by atoms with E-state index in [-0.39, 0.29) is 12.5 Å². The standard InChI is InChI=1S/C12H24N2O3/c1-2-14(6-3-7-15)11(16)12(10-13)4-8-17-9-5-12/h15H,2-10,13H2,1H3. The minimum absolute atomic E-state index is 0.114. The van der Waals surface area contributed by atoms with Gasteiger partial charge in [0.05, 0.1) is 5.41 Å². The van der Waals surface area contributed by atoms with E-state index < -0.39 is 5.41 Å². The topological polar surface area (TPSA) is 75.8 Å². The second-order valence-electron chi connectivity index (χ2n) is 4.56. The van der Waals surface area contributed by atoms with Gasteiger partial charge in [-0.3, -0.25) is 4.79 Å². The Morgan fingerprint density at radius 1 is 1.47 bits per heavy atom. The van der Waals surface area contributed by atoms with Crippen molar-refractivity contribution >= 4 is 5.91 Å². The van der Waals surface area contributed by atoms with Crippen LogP contribution in [-0.2, 0) is 9.53 Å². The number of hydrogen-bond donors (Lipinski definition) is 2. The summed E-state index contributed by atoms with van der Waals surface area (Å²) in [6.45, 7) is 4.95. The molecule has 0 saturated carbocycles. The average molecular weight is 244 g/mol. The summed E-state index contributed by atoms with van der Waals surface area (Å²) in [6, 6.07) is 0. The molecule has 0 atom stereocenters. The van der Waals surface area contributed by atoms with Crippen molar-refractivity contribution in [2.75, 3.05) is 39.5 Å². The highest BCUT2D eigenvalue weighted by Crippen LogP contribution is 2.31. The highest BCUT2D eigenvalue weighted by Gasteiger charge is 2.40. The van der Waals surface area contributed by atoms with Gasteiger partial charge in [-0.05, 0) is 26.2 Å². The van der Waals surface area contributed by atoms with Crippen molar-refractivity contribution in [3.8, 4) is 0 Å². The van der Waals surface area contributed by atoms with Crippen molar-refractivity contribution in [1.82, 2.24) is 4.90 Å². The van der Waals surface area contributed by atoms with Crippen molar-refractivity contribution in [2.24, 2.45) is 11.1 Å². The van der Waals surface area contributed by atoms with Crippen LogP contribution in [0.5, 0.6) is 0 Å². The van der Waals surface area contributed by atoms with Crippen LogP contribution in [-0.4, -0.2) is 55.4 Å². The van der Waals surface area contributed by atoms with Crippen molar-refractivity contribution in [3.05, 3.63) is 0 Å². The van der Waals surface area contributed by atoms with Crippen LogP contribution in [0.4, 0.5) is 0 Å². The van der Waals surface area contributed by atoms with E-state index in [9.17, 15) is 4.79 Å². The molecule has 100 valence electrons. The Labute approximate surface area is 103 Å². The van der Waals surface area contributed by atoms with Crippen molar-refractivity contribution < 1.29 is 14.6 Å². The van der Waals surface area contributed by atoms with Crippen LogP contribution in [0.2, 0.25) is 0 Å². The van der Waals surface area contributed by atoms with Crippen LogP contribution in [0.15, 0.2) is 0 Å². The summed E-state index contributed by atoms with van der Waals surface area (Å²) in [5, 5.41) is 8.84. The molecule has 1 aliphatic rings. The quantitative estimate of drug-likeness (QED) is 0.688. The fourth-order valence-electron chi connectivity index (χ4n) is 2.27. The van der Waals surface area contributed by atoms with Gasteiger partial charge in [0.15, 0.2) is 0 Å². The lowest BCUT2D eigenvalue weighted by atomic mass is 9.79. The van der Waals surface area contributed by atoms with E-state index in [0.717, 1.165) is 0 Å². The van der Waals surface area contributed by atoms with E-state index in [1.165, 1.54) is 0 Å². The summed E-state index contributed by atoms with van der Waals surface area (Å²) in [5.41, 5.74) is 5.37. The van der Waals surface area contributed by atoms with Gasteiger partial charge in [-0.1, -0.05) is 0 Å². The lowest BCUT2D eigenvalue weighted by molar-refractivity contribution is -0.147. The monoisotopic (exact) mass is 244 g/mol. The number of aliphatic hydroxyl groups excluding tert-OH is 1. The molecule has 1 heterocycles. The molecule has 0 radical (unpaired) electrons. The lowest BCUT2D eigenvalue weighted by Gasteiger charge is -2.38. The van der Waals surface area contributed by atoms with Gasteiger partial charge in [-0.25, -0.2) is 0 Å². The van der Waals surface area contributed by atoms with E-state index in [0.29, 0.717) is 52.1 Å². The number of ether oxygens (including phenoxy) is 1. The predicted octanol–water partition coefficient (Wildman–Crippen LogP) is -0.0272. The van der Waals surface area contributed by atoms with Crippen molar-refractivity contribution in [2.45, 2.75) is 26.2 Å². The maximum Gasteiger partial charge on any atom is 0.230 e. The van der Waals surface area contributed by atoms with E-state index in [2.05, 4.69) is 0 Å². The average Bonchev–Trinajstić information content (AvgIpc) is 2.40. The molecule has 0 aromatic heterocycles. The fourth-order valence-corrected chi connectivity index (χ4v) is 2.27. The number of amides is 1. The number of aliphatic hydroxyl groups is 1. The third-order valence-electron chi connectivity index (χ3n) is 3.55. The smallest absolute Gasteiger partial charge is 0.230 e. The zero-order chi connectivity index (χ0) is 12.7. The van der Waals surface area contributed by atoms with Gasteiger partial charge in [0.2, 0.25) is 5.91 Å². The maximum absolute atomic E-state index is 12.5. The first-order valence-corrected chi connectivity index (χ1v) is 6.38. The van der Waals surface area contributed by atoms with Crippen LogP contribution in [0.25, 0.3) is 0 Å². The van der Waals surface area contributed by atoms with Crippen LogP contribution < -0.4 is 5.73 Å². The molecule has 3 N–H and O–H groups in total. The summed E-state index contributed by atoms with van der Waals surface area (Å²) >= 11 is 0. The lowest BCUT2D eigenvalue weighted by Crippen LogP contribution is -2.51. The summed E-state index contributed by atoms with van der Waals surface area (Å²) in [7, 11) is 0. The Hall–Kier alpha value is -0.650. The molecular weight excluding hydrogens is 220 g/mol. The molecule has 17 heavy (non-hydrogen) atoms. The molecule has 5 heteroatoms. The van der Waals surface area contributed by atoms with Gasteiger partial charge >= 0.3 is 0 Å². The number of nitrogens with two attached hydrogens (primary N) is 1. The first-order valence-electron chi connectivity index (χ1n) is 6.38. The first kappa shape index (κ1) is 14.4. The second-order valence-corrected chi connectivity index (χ2v) is 4.56. The van der Waals surface area contributed by atoms with E-state index in [1.54, 1.807) is 4.90 Å². The number of carbonyl (C=O) groups is 1. The third-order valence-corrected chi connectivity index (χ3v) is 3.55. The molecule has 0 unspecified atom stereocenters. The Morgan fingerprint density at radius 2 is 2.12 bits per heavy atom. The maximum atomic E-state index is 12.5. The Balaban J connectivity index is 2.68. The summed E-state index contributed by atoms with van der Waals surface area (Å²) in [4.78, 5) is 14.3. The minimum atomic E-state index is -0.441. The molecule has 0 aromatic rings. The third kappa shape index (κ3) is 3.40. The second kappa shape index (κ2) is 6.93. The van der Waals surface area contributed by atoms with Gasteiger partial charge in [-0.2, -0.15) is 0 Å². The molecule has 0 aromatic carbocycles. The molecule has 0 spiro atoms. The summed E-state index contributed by atoms with van der Waals surface area (Å²) < 4.78 is 5.30. The fraction of sp³-hybridized carbons (Fsp3) is 0.917. The molecule has 1 saturated heterocycles. The predicted molar refractivity (Wildman–Crippen MR) is 65.5 cm³/mol. The zero-order valence-corrected chi connectivity index (χ0v) is 10.7. The number of rotatable bonds is 6. The molecule has 1 amide bonds. The van der Waals surface area contributed by atoms with Gasteiger partial charge in [-0.15, -0.1) is 0 Å². The summed E-state index contributed by atoms with van der Waals surface area (Å²) in [5.74, 6) is 0.124. The Bertz CT molecular complexity index is 240. The van der Waals surface area contributed by atoms with Gasteiger partial charge in [0.1, 0.15) is 0 Å². The highest BCUT2D eigenvalue weighted by atomic mass is 16.5. The molecule has 5 nitrogen and oxygen atoms in total. The molecule has 0 bridgehead atoms. The molecular formula is C12H24N2O3.